The molecule has 1 radical (unpaired) electrons. The second-order valence-electron chi connectivity index (χ2n) is 27.3. The van der Waals surface area contributed by atoms with Crippen LogP contribution in [0.4, 0.5) is 65.9 Å². The first-order valence-corrected chi connectivity index (χ1v) is 40.0. The standard InChI is InChI=1S/C26H22F3N3O5.C24H18F3N3O5.C16H10F3N3O4.C13H9F3O2.C7H5BF3O3.C6H5BrO/c1-3-35-25(33)23-24(32(31-30-23)16-17-4-10-20(34-2)11-5-17)36-21-12-6-18(7-13-21)19-8-14-22(15-9-19)37-26(27,28)29;1-33-18-8-2-15(3-9-18)14-30-22(21(23(31)32)28-29-30)34-19-10-4-16(5-11-19)17-6-12-20(13-7-17)35-24(25,26)27;17-16(18,19)26-12-7-3-10(4-8-12)9-1-5-11(6-2-9)25-14-13(15(23)24)20-22-21-14;14-13(15,16)18-12-7-3-10(4-8-12)9-1-5-11(17)6-2-9;9-7(10,11)13-5-1-3-6(4-2-5)14-8-12;7-5-1-3-6(8)4-2-5/h4-15H,3,16H2,1-2H3;2-13H,14H2,1H3,(H,31,32);1-8H,(H,23,24)(H,20,21,22);1-8,17H;1-4,12H;1-4,8H. The number of methoxy groups -OCH3 is 2. The summed E-state index contributed by atoms with van der Waals surface area (Å²) in [4.78, 5) is 35.0. The van der Waals surface area contributed by atoms with E-state index in [0.717, 1.165) is 50.0 Å². The Morgan fingerprint density at radius 2 is 0.623 bits per heavy atom. The Morgan fingerprint density at radius 3 is 0.906 bits per heavy atom. The predicted molar refractivity (Wildman–Crippen MR) is 464 cm³/mol. The molecule has 3 heterocycles. The van der Waals surface area contributed by atoms with Crippen LogP contribution in [-0.2, 0) is 17.8 Å². The largest absolute Gasteiger partial charge is 0.573 e. The molecule has 0 aliphatic heterocycles. The normalized spacial score (nSPS) is 11.0. The van der Waals surface area contributed by atoms with Crippen molar-refractivity contribution in [3.8, 4) is 137 Å². The third kappa shape index (κ3) is 33.8. The van der Waals surface area contributed by atoms with Gasteiger partial charge in [0.25, 0.3) is 17.6 Å². The molecule has 6 N–H and O–H groups in total. The minimum Gasteiger partial charge on any atom is -0.537 e. The van der Waals surface area contributed by atoms with E-state index in [4.69, 9.17) is 48.8 Å². The molecule has 46 heteroatoms. The summed E-state index contributed by atoms with van der Waals surface area (Å²) in [6.07, 6.45) is -23.6. The van der Waals surface area contributed by atoms with Crippen molar-refractivity contribution in [2.24, 2.45) is 0 Å². The van der Waals surface area contributed by atoms with Gasteiger partial charge in [-0.15, -0.1) is 76.1 Å². The lowest BCUT2D eigenvalue weighted by Gasteiger charge is -2.11. The number of nitrogens with zero attached hydrogens (tertiary/aromatic N) is 8. The number of phenolic OH excluding ortho intramolecular Hbond substituents is 2. The summed E-state index contributed by atoms with van der Waals surface area (Å²) in [7, 11) is 3.56. The first-order valence-electron chi connectivity index (χ1n) is 39.2. The van der Waals surface area contributed by atoms with E-state index in [9.17, 15) is 85.3 Å². The van der Waals surface area contributed by atoms with E-state index in [1.807, 2.05) is 24.3 Å². The van der Waals surface area contributed by atoms with E-state index in [2.05, 4.69) is 80.3 Å². The Balaban J connectivity index is 0.000000180. The number of nitrogens with one attached hydrogen (secondary N) is 1. The maximum atomic E-state index is 12.4. The molecule has 0 saturated heterocycles. The van der Waals surface area contributed by atoms with E-state index in [1.165, 1.54) is 131 Å². The number of hydrogen-bond donors (Lipinski definition) is 6. The van der Waals surface area contributed by atoms with Gasteiger partial charge in [0.15, 0.2) is 0 Å². The molecule has 0 amide bonds. The average molecular weight is 2000 g/mol. The first-order chi connectivity index (χ1) is 65.5. The van der Waals surface area contributed by atoms with Crippen LogP contribution in [0.1, 0.15) is 49.5 Å². The molecule has 3 aromatic heterocycles. The topological polar surface area (TPSA) is 366 Å². The molecule has 717 valence electrons. The van der Waals surface area contributed by atoms with Gasteiger partial charge in [0.05, 0.1) is 33.9 Å². The number of aromatic carboxylic acids is 2. The summed E-state index contributed by atoms with van der Waals surface area (Å²) in [5.74, 6) is -1.82. The molecule has 0 spiro atoms. The van der Waals surface area contributed by atoms with E-state index in [-0.39, 0.29) is 94.7 Å². The Kier molecular flexibility index (Phi) is 35.8. The number of phenols is 2. The maximum absolute atomic E-state index is 12.4. The van der Waals surface area contributed by atoms with Crippen molar-refractivity contribution in [3.05, 3.63) is 324 Å². The maximum Gasteiger partial charge on any atom is 0.573 e. The number of aromatic nitrogens is 9. The van der Waals surface area contributed by atoms with Crippen LogP contribution in [0.15, 0.2) is 296 Å². The molecule has 15 rings (SSSR count). The van der Waals surface area contributed by atoms with Crippen LogP contribution < -0.4 is 52.0 Å². The molecule has 0 aliphatic rings. The number of alkyl halides is 15. The Hall–Kier alpha value is -16.7. The van der Waals surface area contributed by atoms with Crippen molar-refractivity contribution in [1.82, 2.24) is 45.4 Å². The lowest BCUT2D eigenvalue weighted by molar-refractivity contribution is -0.275. The molecule has 0 atom stereocenters. The first kappa shape index (κ1) is 103. The van der Waals surface area contributed by atoms with Gasteiger partial charge in [-0.05, 0) is 232 Å². The number of carboxylic acids is 2. The average Bonchev–Trinajstić information content (AvgIpc) is 1.05. The fourth-order valence-electron chi connectivity index (χ4n) is 11.5. The molecular weight excluding hydrogens is 1930 g/mol. The molecule has 0 saturated carbocycles. The van der Waals surface area contributed by atoms with Gasteiger partial charge in [0.1, 0.15) is 74.7 Å². The van der Waals surface area contributed by atoms with Crippen LogP contribution in [0, 0.1) is 0 Å². The Morgan fingerprint density at radius 1 is 0.355 bits per heavy atom. The van der Waals surface area contributed by atoms with Crippen LogP contribution >= 0.6 is 15.9 Å². The molecule has 0 unspecified atom stereocenters. The smallest absolute Gasteiger partial charge is 0.537 e. The fourth-order valence-corrected chi connectivity index (χ4v) is 11.7. The zero-order chi connectivity index (χ0) is 99.9. The highest BCUT2D eigenvalue weighted by Gasteiger charge is 2.35. The monoisotopic (exact) mass is 1990 g/mol. The third-order valence-corrected chi connectivity index (χ3v) is 18.1. The Bertz CT molecular complexity index is 6360. The van der Waals surface area contributed by atoms with Gasteiger partial charge in [-0.2, -0.15) is 0 Å². The highest BCUT2D eigenvalue weighted by atomic mass is 79.9. The second-order valence-corrected chi connectivity index (χ2v) is 28.2. The molecule has 12 aromatic carbocycles. The molecule has 15 aromatic rings. The number of esters is 1. The van der Waals surface area contributed by atoms with Gasteiger partial charge in [0, 0.05) is 4.47 Å². The number of aromatic hydroxyl groups is 2. The number of carbonyl (C=O) groups excluding carboxylic acids is 1. The van der Waals surface area contributed by atoms with Gasteiger partial charge >= 0.3 is 57.4 Å². The Labute approximate surface area is 779 Å². The van der Waals surface area contributed by atoms with E-state index in [0.29, 0.717) is 64.4 Å². The molecule has 0 fully saturated rings. The van der Waals surface area contributed by atoms with Crippen molar-refractivity contribution in [2.75, 3.05) is 20.8 Å². The zero-order valence-electron chi connectivity index (χ0n) is 70.9. The fraction of sp³-hybridized carbons (Fsp3) is 0.120. The van der Waals surface area contributed by atoms with Gasteiger partial charge in [-0.3, -0.25) is 0 Å². The molecule has 138 heavy (non-hydrogen) atoms. The van der Waals surface area contributed by atoms with Crippen molar-refractivity contribution in [2.45, 2.75) is 51.8 Å². The SMILES string of the molecule is CCOC(=O)c1nnn(Cc2ccc(OC)cc2)c1Oc1ccc(-c2ccc(OC(F)(F)F)cc2)cc1.COc1ccc(Cn2nnc(C(=O)O)c2Oc2ccc(-c3ccc(OC(F)(F)F)cc3)cc2)cc1.O=C(O)c1[nH]nnc1Oc1ccc(-c2ccc(OC(F)(F)F)cc2)cc1.O[B]Oc1ccc(OC(F)(F)F)cc1.Oc1ccc(-c2ccc(OC(F)(F)F)cc2)cc1.Oc1ccc(Br)cc1. The van der Waals surface area contributed by atoms with Gasteiger partial charge in [0.2, 0.25) is 17.1 Å². The number of carboxylic acid groups (broad SMARTS) is 2. The second kappa shape index (κ2) is 47.8. The van der Waals surface area contributed by atoms with E-state index in [1.54, 1.807) is 155 Å². The summed E-state index contributed by atoms with van der Waals surface area (Å²) in [5.41, 5.74) is 6.70. The number of carbonyl (C=O) groups is 3. The summed E-state index contributed by atoms with van der Waals surface area (Å²) >= 11 is 3.23. The number of hydrogen-bond acceptors (Lipinski definition) is 24. The minimum atomic E-state index is -4.76. The van der Waals surface area contributed by atoms with Crippen molar-refractivity contribution in [1.29, 1.82) is 0 Å². The zero-order valence-corrected chi connectivity index (χ0v) is 72.5. The number of benzene rings is 12. The van der Waals surface area contributed by atoms with Crippen LogP contribution in [0.2, 0.25) is 0 Å². The number of halogens is 16. The van der Waals surface area contributed by atoms with Crippen molar-refractivity contribution < 1.29 is 162 Å². The lowest BCUT2D eigenvalue weighted by atomic mass is 10.1. The molecule has 29 nitrogen and oxygen atoms in total. The summed E-state index contributed by atoms with van der Waals surface area (Å²) in [6, 6.07) is 74.0. The van der Waals surface area contributed by atoms with Crippen LogP contribution in [0.3, 0.4) is 0 Å². The van der Waals surface area contributed by atoms with E-state index < -0.39 is 49.7 Å². The number of ether oxygens (including phenoxy) is 11. The van der Waals surface area contributed by atoms with Crippen molar-refractivity contribution >= 4 is 41.5 Å². The number of aromatic amines is 1. The third-order valence-electron chi connectivity index (χ3n) is 17.6. The highest BCUT2D eigenvalue weighted by molar-refractivity contribution is 9.10. The number of H-pyrrole nitrogens is 1. The van der Waals surface area contributed by atoms with Crippen LogP contribution in [0.25, 0.3) is 44.5 Å². The summed E-state index contributed by atoms with van der Waals surface area (Å²) < 4.78 is 241. The number of rotatable bonds is 27. The molecular formula is C92H69BBrF15N9O20. The van der Waals surface area contributed by atoms with E-state index >= 15 is 0 Å². The van der Waals surface area contributed by atoms with Gasteiger partial charge in [-0.1, -0.05) is 158 Å². The van der Waals surface area contributed by atoms with Gasteiger partial charge in [-0.25, -0.2) is 28.8 Å². The predicted octanol–water partition coefficient (Wildman–Crippen LogP) is 22.7. The van der Waals surface area contributed by atoms with Gasteiger partial charge < -0.3 is 82.2 Å². The summed E-state index contributed by atoms with van der Waals surface area (Å²) in [5, 5.41) is 69.3. The quantitative estimate of drug-likeness (QED) is 0.0158. The molecule has 0 aliphatic carbocycles. The van der Waals surface area contributed by atoms with Crippen LogP contribution in [-0.4, -0.2) is 149 Å². The van der Waals surface area contributed by atoms with Crippen molar-refractivity contribution in [3.63, 3.8) is 0 Å². The lowest BCUT2D eigenvalue weighted by Crippen LogP contribution is -2.17. The molecule has 0 bridgehead atoms. The summed E-state index contributed by atoms with van der Waals surface area (Å²) in [6.45, 7) is 2.33. The minimum absolute atomic E-state index is 0.0466. The van der Waals surface area contributed by atoms with Crippen LogP contribution in [0.5, 0.6) is 92.4 Å². The highest BCUT2D eigenvalue weighted by Crippen LogP contribution is 2.37.